The summed E-state index contributed by atoms with van der Waals surface area (Å²) in [7, 11) is 1.61. The summed E-state index contributed by atoms with van der Waals surface area (Å²) in [5, 5.41) is 21.4. The van der Waals surface area contributed by atoms with Crippen LogP contribution in [0.1, 0.15) is 10.6 Å². The van der Waals surface area contributed by atoms with Gasteiger partial charge in [-0.3, -0.25) is 5.41 Å². The second kappa shape index (κ2) is 7.09. The summed E-state index contributed by atoms with van der Waals surface area (Å²) >= 11 is 1.36. The molecular weight excluding hydrogens is 377 g/mol. The molecule has 0 aliphatic carbocycles. The van der Waals surface area contributed by atoms with Crippen LogP contribution in [-0.2, 0) is 0 Å². The van der Waals surface area contributed by atoms with E-state index >= 15 is 0 Å². The number of anilines is 1. The highest BCUT2D eigenvalue weighted by atomic mass is 32.1. The number of amidine groups is 1. The average Bonchev–Trinajstić information content (AvgIpc) is 3.28. The lowest BCUT2D eigenvalue weighted by atomic mass is 10.1. The lowest BCUT2D eigenvalue weighted by Gasteiger charge is -2.19. The van der Waals surface area contributed by atoms with Crippen molar-refractivity contribution >= 4 is 28.4 Å². The Kier molecular flexibility index (Phi) is 4.60. The highest BCUT2D eigenvalue weighted by Gasteiger charge is 2.31. The van der Waals surface area contributed by atoms with E-state index in [-0.39, 0.29) is 24.0 Å². The predicted octanol–water partition coefficient (Wildman–Crippen LogP) is 5.03. The van der Waals surface area contributed by atoms with Crippen LogP contribution in [0.25, 0.3) is 16.8 Å². The fraction of sp³-hybridized carbons (Fsp3) is 0.143. The van der Waals surface area contributed by atoms with Gasteiger partial charge in [-0.1, -0.05) is 6.07 Å². The third kappa shape index (κ3) is 3.14. The van der Waals surface area contributed by atoms with E-state index in [0.29, 0.717) is 21.8 Å². The Morgan fingerprint density at radius 2 is 1.96 bits per heavy atom. The number of halogens is 1. The highest BCUT2D eigenvalue weighted by molar-refractivity contribution is 7.11. The number of hydrogen-bond acceptors (Lipinski definition) is 5. The molecule has 0 saturated heterocycles. The van der Waals surface area contributed by atoms with E-state index < -0.39 is 0 Å². The van der Waals surface area contributed by atoms with E-state index in [1.807, 2.05) is 29.6 Å². The van der Waals surface area contributed by atoms with E-state index in [1.54, 1.807) is 31.1 Å². The molecule has 1 aliphatic heterocycles. The van der Waals surface area contributed by atoms with Crippen LogP contribution in [0.4, 0.5) is 10.1 Å². The zero-order valence-electron chi connectivity index (χ0n) is 15.4. The van der Waals surface area contributed by atoms with E-state index in [1.165, 1.54) is 17.4 Å². The number of aliphatic hydroxyl groups excluding tert-OH is 1. The Labute approximate surface area is 165 Å². The lowest BCUT2D eigenvalue weighted by molar-refractivity contribution is 0.411. The van der Waals surface area contributed by atoms with E-state index in [0.717, 1.165) is 17.0 Å². The van der Waals surface area contributed by atoms with Gasteiger partial charge in [-0.15, -0.1) is 11.3 Å². The molecule has 1 aromatic heterocycles. The second-order valence-electron chi connectivity index (χ2n) is 6.46. The zero-order chi connectivity index (χ0) is 19.8. The van der Waals surface area contributed by atoms with Crippen molar-refractivity contribution in [3.63, 3.8) is 0 Å². The van der Waals surface area contributed by atoms with Crippen LogP contribution >= 0.6 is 11.3 Å². The van der Waals surface area contributed by atoms with Gasteiger partial charge in [-0.2, -0.15) is 0 Å². The molecule has 28 heavy (non-hydrogen) atoms. The summed E-state index contributed by atoms with van der Waals surface area (Å²) in [6.07, 6.45) is 0. The Bertz CT molecular complexity index is 1090. The van der Waals surface area contributed by atoms with Crippen molar-refractivity contribution in [2.45, 2.75) is 6.92 Å². The van der Waals surface area contributed by atoms with Gasteiger partial charge in [0.25, 0.3) is 0 Å². The monoisotopic (exact) mass is 395 g/mol. The Balaban J connectivity index is 1.62. The normalized spacial score (nSPS) is 14.1. The first-order valence-electron chi connectivity index (χ1n) is 8.63. The number of aryl methyl sites for hydroxylation is 1. The number of ether oxygens (including phenoxy) is 1. The van der Waals surface area contributed by atoms with Crippen molar-refractivity contribution in [3.05, 3.63) is 70.0 Å². The van der Waals surface area contributed by atoms with Crippen molar-refractivity contribution in [1.29, 1.82) is 5.41 Å². The first-order chi connectivity index (χ1) is 13.5. The van der Waals surface area contributed by atoms with Gasteiger partial charge in [-0.05, 0) is 48.9 Å². The summed E-state index contributed by atoms with van der Waals surface area (Å²) < 4.78 is 19.1. The number of aliphatic hydroxyl groups is 1. The molecule has 142 valence electrons. The van der Waals surface area contributed by atoms with Crippen LogP contribution in [0.15, 0.2) is 53.6 Å². The largest absolute Gasteiger partial charge is 0.510 e. The molecule has 2 N–H and O–H groups in total. The van der Waals surface area contributed by atoms with Gasteiger partial charge in [0.2, 0.25) is 0 Å². The van der Waals surface area contributed by atoms with E-state index in [9.17, 15) is 9.50 Å². The maximum absolute atomic E-state index is 13.9. The molecule has 0 saturated carbocycles. The topological polar surface area (TPSA) is 69.4 Å². The molecular formula is C21H18FN3O2S. The van der Waals surface area contributed by atoms with Crippen LogP contribution in [0, 0.1) is 18.2 Å². The van der Waals surface area contributed by atoms with Crippen LogP contribution in [0.3, 0.4) is 0 Å². The van der Waals surface area contributed by atoms with Gasteiger partial charge in [-0.25, -0.2) is 9.37 Å². The Morgan fingerprint density at radius 3 is 2.64 bits per heavy atom. The van der Waals surface area contributed by atoms with Crippen molar-refractivity contribution < 1.29 is 14.2 Å². The number of nitrogens with one attached hydrogen (secondary N) is 1. The van der Waals surface area contributed by atoms with Gasteiger partial charge in [0.1, 0.15) is 28.2 Å². The quantitative estimate of drug-likeness (QED) is 0.650. The molecule has 5 nitrogen and oxygen atoms in total. The average molecular weight is 395 g/mol. The molecule has 0 bridgehead atoms. The first kappa shape index (κ1) is 18.2. The third-order valence-corrected chi connectivity index (χ3v) is 5.53. The van der Waals surface area contributed by atoms with E-state index in [2.05, 4.69) is 4.98 Å². The summed E-state index contributed by atoms with van der Waals surface area (Å²) in [6.45, 7) is 1.81. The molecule has 0 fully saturated rings. The molecule has 0 atom stereocenters. The maximum atomic E-state index is 13.9. The van der Waals surface area contributed by atoms with Crippen LogP contribution in [0.5, 0.6) is 5.75 Å². The number of thiazole rings is 1. The number of nitrogens with zero attached hydrogens (tertiary/aromatic N) is 2. The minimum absolute atomic E-state index is 0.0571. The minimum Gasteiger partial charge on any atom is -0.510 e. The van der Waals surface area contributed by atoms with Crippen molar-refractivity contribution in [1.82, 2.24) is 4.98 Å². The molecule has 2 heterocycles. The Morgan fingerprint density at radius 1 is 1.21 bits per heavy atom. The summed E-state index contributed by atoms with van der Waals surface area (Å²) in [4.78, 5) is 6.17. The molecule has 0 spiro atoms. The lowest BCUT2D eigenvalue weighted by Crippen LogP contribution is -2.26. The smallest absolute Gasteiger partial charge is 0.139 e. The number of benzene rings is 2. The number of hydrogen-bond donors (Lipinski definition) is 2. The number of aromatic nitrogens is 1. The SMILES string of the molecule is COc1ccc(-c2csc(C3=C(O)CN(c4ccc(C)c(F)c4)C3=N)n2)cc1. The number of rotatable bonds is 4. The molecule has 3 aromatic rings. The maximum Gasteiger partial charge on any atom is 0.139 e. The van der Waals surface area contributed by atoms with Gasteiger partial charge in [0.05, 0.1) is 24.9 Å². The fourth-order valence-corrected chi connectivity index (χ4v) is 3.95. The summed E-state index contributed by atoms with van der Waals surface area (Å²) in [6, 6.07) is 12.3. The molecule has 0 unspecified atom stereocenters. The molecule has 0 radical (unpaired) electrons. The molecule has 7 heteroatoms. The predicted molar refractivity (Wildman–Crippen MR) is 110 cm³/mol. The summed E-state index contributed by atoms with van der Waals surface area (Å²) in [5.41, 5.74) is 3.13. The van der Waals surface area contributed by atoms with Gasteiger partial charge in [0, 0.05) is 16.6 Å². The summed E-state index contributed by atoms with van der Waals surface area (Å²) in [5.74, 6) is 0.588. The van der Waals surface area contributed by atoms with E-state index in [4.69, 9.17) is 10.1 Å². The third-order valence-electron chi connectivity index (χ3n) is 4.67. The minimum atomic E-state index is -0.339. The van der Waals surface area contributed by atoms with Gasteiger partial charge >= 0.3 is 0 Å². The Hall–Kier alpha value is -3.19. The van der Waals surface area contributed by atoms with Gasteiger partial charge in [0.15, 0.2) is 0 Å². The molecule has 2 aromatic carbocycles. The number of methoxy groups -OCH3 is 1. The standard InChI is InChI=1S/C21H18FN3O2S/c1-12-3-6-14(9-16(12)22)25-10-18(26)19(20(25)23)21-24-17(11-28-21)13-4-7-15(27-2)8-5-13/h3-9,11,23,26H,10H2,1-2H3. The van der Waals surface area contributed by atoms with Crippen molar-refractivity contribution in [2.75, 3.05) is 18.6 Å². The van der Waals surface area contributed by atoms with Gasteiger partial charge < -0.3 is 14.7 Å². The molecule has 1 aliphatic rings. The molecule has 0 amide bonds. The van der Waals surface area contributed by atoms with Crippen molar-refractivity contribution in [3.8, 4) is 17.0 Å². The van der Waals surface area contributed by atoms with Crippen LogP contribution in [-0.4, -0.2) is 29.6 Å². The zero-order valence-corrected chi connectivity index (χ0v) is 16.2. The second-order valence-corrected chi connectivity index (χ2v) is 7.31. The highest BCUT2D eigenvalue weighted by Crippen LogP contribution is 2.35. The van der Waals surface area contributed by atoms with Crippen molar-refractivity contribution in [2.24, 2.45) is 0 Å². The van der Waals surface area contributed by atoms with Crippen LogP contribution in [0.2, 0.25) is 0 Å². The first-order valence-corrected chi connectivity index (χ1v) is 9.51. The van der Waals surface area contributed by atoms with Crippen LogP contribution < -0.4 is 9.64 Å². The molecule has 4 rings (SSSR count). The fourth-order valence-electron chi connectivity index (χ4n) is 3.06.